The summed E-state index contributed by atoms with van der Waals surface area (Å²) in [4.78, 5) is 0. The van der Waals surface area contributed by atoms with Gasteiger partial charge in [-0.25, -0.2) is 4.39 Å². The highest BCUT2D eigenvalue weighted by Crippen LogP contribution is 2.26. The van der Waals surface area contributed by atoms with E-state index in [0.29, 0.717) is 18.0 Å². The molecule has 0 aliphatic heterocycles. The van der Waals surface area contributed by atoms with Crippen molar-refractivity contribution in [2.45, 2.75) is 6.54 Å². The topological polar surface area (TPSA) is 21.3 Å². The van der Waals surface area contributed by atoms with Gasteiger partial charge in [0.2, 0.25) is 0 Å². The number of halogens is 3. The third-order valence-electron chi connectivity index (χ3n) is 2.73. The average Bonchev–Trinajstić information content (AvgIpc) is 2.47. The summed E-state index contributed by atoms with van der Waals surface area (Å²) in [5.74, 6) is 2.80. The Hall–Kier alpha value is -1.51. The summed E-state index contributed by atoms with van der Waals surface area (Å²) in [6.07, 6.45) is 5.20. The minimum Gasteiger partial charge on any atom is -0.481 e. The first-order valence-corrected chi connectivity index (χ1v) is 7.72. The van der Waals surface area contributed by atoms with E-state index in [-0.39, 0.29) is 12.4 Å². The lowest BCUT2D eigenvalue weighted by atomic mass is 10.2. The van der Waals surface area contributed by atoms with E-state index >= 15 is 0 Å². The second kappa shape index (κ2) is 7.48. The standard InChI is InChI=1S/C16H12Br2FNO/c1-2-7-21-16-6-4-12(17)8-11(16)10-20-15-9-13(18)3-5-14(15)19/h1,3-6,8-9,20H,7,10H2. The Labute approximate surface area is 140 Å². The molecule has 2 rings (SSSR count). The van der Waals surface area contributed by atoms with Crippen LogP contribution >= 0.6 is 31.9 Å². The van der Waals surface area contributed by atoms with Crippen molar-refractivity contribution in [3.8, 4) is 18.1 Å². The van der Waals surface area contributed by atoms with E-state index in [2.05, 4.69) is 43.1 Å². The number of hydrogen-bond donors (Lipinski definition) is 1. The van der Waals surface area contributed by atoms with Gasteiger partial charge in [-0.3, -0.25) is 0 Å². The number of anilines is 1. The van der Waals surface area contributed by atoms with Crippen LogP contribution in [-0.2, 0) is 6.54 Å². The van der Waals surface area contributed by atoms with Gasteiger partial charge in [-0.15, -0.1) is 6.42 Å². The first-order valence-electron chi connectivity index (χ1n) is 6.14. The van der Waals surface area contributed by atoms with E-state index in [1.54, 1.807) is 12.1 Å². The fraction of sp³-hybridized carbons (Fsp3) is 0.125. The van der Waals surface area contributed by atoms with E-state index in [9.17, 15) is 4.39 Å². The molecule has 0 unspecified atom stereocenters. The predicted octanol–water partition coefficient (Wildman–Crippen LogP) is 4.97. The number of benzene rings is 2. The normalized spacial score (nSPS) is 10.0. The van der Waals surface area contributed by atoms with Crippen molar-refractivity contribution in [2.24, 2.45) is 0 Å². The first-order chi connectivity index (χ1) is 10.1. The van der Waals surface area contributed by atoms with Gasteiger partial charge < -0.3 is 10.1 Å². The second-order valence-electron chi connectivity index (χ2n) is 4.22. The lowest BCUT2D eigenvalue weighted by molar-refractivity contribution is 0.366. The smallest absolute Gasteiger partial charge is 0.148 e. The summed E-state index contributed by atoms with van der Waals surface area (Å²) in [7, 11) is 0. The molecule has 2 nitrogen and oxygen atoms in total. The molecular formula is C16H12Br2FNO. The molecule has 5 heteroatoms. The monoisotopic (exact) mass is 411 g/mol. The summed E-state index contributed by atoms with van der Waals surface area (Å²) < 4.78 is 20.9. The van der Waals surface area contributed by atoms with Gasteiger partial charge in [-0.2, -0.15) is 0 Å². The Morgan fingerprint density at radius 3 is 2.62 bits per heavy atom. The Bertz CT molecular complexity index is 682. The van der Waals surface area contributed by atoms with Gasteiger partial charge in [0, 0.05) is 21.1 Å². The van der Waals surface area contributed by atoms with Crippen LogP contribution < -0.4 is 10.1 Å². The SMILES string of the molecule is C#CCOc1ccc(Br)cc1CNc1cc(Br)ccc1F. The maximum Gasteiger partial charge on any atom is 0.148 e. The minimum absolute atomic E-state index is 0.194. The molecule has 0 saturated carbocycles. The van der Waals surface area contributed by atoms with Crippen LogP contribution in [-0.4, -0.2) is 6.61 Å². The molecule has 0 atom stereocenters. The van der Waals surface area contributed by atoms with Crippen LogP contribution in [0.5, 0.6) is 5.75 Å². The Morgan fingerprint density at radius 2 is 1.86 bits per heavy atom. The summed E-state index contributed by atoms with van der Waals surface area (Å²) in [6.45, 7) is 0.618. The van der Waals surface area contributed by atoms with Crippen molar-refractivity contribution in [2.75, 3.05) is 11.9 Å². The fourth-order valence-corrected chi connectivity index (χ4v) is 2.54. The highest BCUT2D eigenvalue weighted by Gasteiger charge is 2.07. The third kappa shape index (κ3) is 4.48. The van der Waals surface area contributed by atoms with Gasteiger partial charge >= 0.3 is 0 Å². The number of nitrogens with one attached hydrogen (secondary N) is 1. The Balaban J connectivity index is 2.17. The van der Waals surface area contributed by atoms with Crippen LogP contribution in [0.25, 0.3) is 0 Å². The molecule has 0 saturated heterocycles. The fourth-order valence-electron chi connectivity index (χ4n) is 1.77. The van der Waals surface area contributed by atoms with Crippen LogP contribution in [0, 0.1) is 18.2 Å². The lowest BCUT2D eigenvalue weighted by Crippen LogP contribution is -2.05. The summed E-state index contributed by atoms with van der Waals surface area (Å²) in [5.41, 5.74) is 1.31. The Morgan fingerprint density at radius 1 is 1.14 bits per heavy atom. The zero-order valence-corrected chi connectivity index (χ0v) is 14.2. The molecule has 21 heavy (non-hydrogen) atoms. The maximum atomic E-state index is 13.7. The number of rotatable bonds is 5. The van der Waals surface area contributed by atoms with Crippen LogP contribution in [0.3, 0.4) is 0 Å². The van der Waals surface area contributed by atoms with Gasteiger partial charge in [-0.1, -0.05) is 37.8 Å². The van der Waals surface area contributed by atoms with Crippen LogP contribution in [0.2, 0.25) is 0 Å². The zero-order chi connectivity index (χ0) is 15.2. The highest BCUT2D eigenvalue weighted by molar-refractivity contribution is 9.10. The molecule has 0 aliphatic rings. The van der Waals surface area contributed by atoms with Gasteiger partial charge in [0.05, 0.1) is 5.69 Å². The maximum absolute atomic E-state index is 13.7. The van der Waals surface area contributed by atoms with Crippen molar-refractivity contribution in [3.05, 3.63) is 56.7 Å². The molecule has 0 amide bonds. The van der Waals surface area contributed by atoms with E-state index in [1.807, 2.05) is 18.2 Å². The van der Waals surface area contributed by atoms with Crippen LogP contribution in [0.4, 0.5) is 10.1 Å². The van der Waals surface area contributed by atoms with E-state index in [0.717, 1.165) is 14.5 Å². The third-order valence-corrected chi connectivity index (χ3v) is 3.72. The molecule has 0 aromatic heterocycles. The van der Waals surface area contributed by atoms with E-state index in [1.165, 1.54) is 6.07 Å². The molecule has 2 aromatic rings. The highest BCUT2D eigenvalue weighted by atomic mass is 79.9. The molecule has 0 fully saturated rings. The molecule has 0 spiro atoms. The minimum atomic E-state index is -0.306. The number of hydrogen-bond acceptors (Lipinski definition) is 2. The largest absolute Gasteiger partial charge is 0.481 e. The molecule has 0 aliphatic carbocycles. The molecule has 1 N–H and O–H groups in total. The second-order valence-corrected chi connectivity index (χ2v) is 6.05. The quantitative estimate of drug-likeness (QED) is 0.699. The van der Waals surface area contributed by atoms with E-state index < -0.39 is 0 Å². The van der Waals surface area contributed by atoms with Gasteiger partial charge in [0.25, 0.3) is 0 Å². The first kappa shape index (κ1) is 15.9. The average molecular weight is 413 g/mol. The summed E-state index contributed by atoms with van der Waals surface area (Å²) in [6, 6.07) is 10.4. The molecule has 108 valence electrons. The van der Waals surface area contributed by atoms with Gasteiger partial charge in [-0.05, 0) is 36.4 Å². The summed E-state index contributed by atoms with van der Waals surface area (Å²) in [5, 5.41) is 3.06. The number of terminal acetylenes is 1. The molecule has 2 aromatic carbocycles. The van der Waals surface area contributed by atoms with Crippen LogP contribution in [0.15, 0.2) is 45.3 Å². The number of ether oxygens (including phenoxy) is 1. The van der Waals surface area contributed by atoms with E-state index in [4.69, 9.17) is 11.2 Å². The summed E-state index contributed by atoms with van der Waals surface area (Å²) >= 11 is 6.73. The van der Waals surface area contributed by atoms with Crippen molar-refractivity contribution in [3.63, 3.8) is 0 Å². The van der Waals surface area contributed by atoms with Crippen LogP contribution in [0.1, 0.15) is 5.56 Å². The van der Waals surface area contributed by atoms with Crippen molar-refractivity contribution >= 4 is 37.5 Å². The predicted molar refractivity (Wildman–Crippen MR) is 89.9 cm³/mol. The molecule has 0 bridgehead atoms. The molecule has 0 heterocycles. The Kier molecular flexibility index (Phi) is 5.66. The van der Waals surface area contributed by atoms with Crippen molar-refractivity contribution < 1.29 is 9.13 Å². The van der Waals surface area contributed by atoms with Gasteiger partial charge in [0.15, 0.2) is 0 Å². The van der Waals surface area contributed by atoms with Gasteiger partial charge in [0.1, 0.15) is 18.2 Å². The molecule has 0 radical (unpaired) electrons. The van der Waals surface area contributed by atoms with Crippen molar-refractivity contribution in [1.82, 2.24) is 0 Å². The van der Waals surface area contributed by atoms with Crippen molar-refractivity contribution in [1.29, 1.82) is 0 Å². The zero-order valence-electron chi connectivity index (χ0n) is 11.0. The lowest BCUT2D eigenvalue weighted by Gasteiger charge is -2.13. The molecular weight excluding hydrogens is 401 g/mol.